The fraction of sp³-hybridized carbons (Fsp3) is 0.600. The van der Waals surface area contributed by atoms with E-state index in [1.165, 1.54) is 0 Å². The molecule has 0 aliphatic heterocycles. The Labute approximate surface area is 128 Å². The van der Waals surface area contributed by atoms with Crippen molar-refractivity contribution >= 4 is 15.7 Å². The molecule has 0 saturated carbocycles. The van der Waals surface area contributed by atoms with E-state index in [1.54, 1.807) is 12.1 Å². The van der Waals surface area contributed by atoms with Crippen molar-refractivity contribution in [3.8, 4) is 0 Å². The van der Waals surface area contributed by atoms with Crippen LogP contribution in [0.5, 0.6) is 0 Å². The van der Waals surface area contributed by atoms with Gasteiger partial charge in [0.05, 0.1) is 4.90 Å². The largest absolute Gasteiger partial charge is 0.369 e. The topological polar surface area (TPSA) is 75.4 Å². The minimum Gasteiger partial charge on any atom is -0.369 e. The molecule has 0 radical (unpaired) electrons. The van der Waals surface area contributed by atoms with Crippen LogP contribution in [0.4, 0.5) is 5.69 Å². The molecule has 21 heavy (non-hydrogen) atoms. The van der Waals surface area contributed by atoms with Crippen LogP contribution < -0.4 is 15.4 Å². The molecular formula is C15H27N3O2S. The van der Waals surface area contributed by atoms with E-state index in [0.717, 1.165) is 25.1 Å². The fourth-order valence-electron chi connectivity index (χ4n) is 2.08. The van der Waals surface area contributed by atoms with E-state index in [4.69, 9.17) is 5.73 Å². The first kappa shape index (κ1) is 17.9. The van der Waals surface area contributed by atoms with E-state index in [2.05, 4.69) is 23.5 Å². The zero-order valence-corrected chi connectivity index (χ0v) is 14.0. The normalized spacial score (nSPS) is 11.9. The van der Waals surface area contributed by atoms with Crippen molar-refractivity contribution in [2.45, 2.75) is 44.6 Å². The second kappa shape index (κ2) is 8.36. The molecular weight excluding hydrogens is 286 g/mol. The molecule has 0 unspecified atom stereocenters. The van der Waals surface area contributed by atoms with Crippen molar-refractivity contribution in [2.75, 3.05) is 24.5 Å². The van der Waals surface area contributed by atoms with Crippen LogP contribution >= 0.6 is 0 Å². The quantitative estimate of drug-likeness (QED) is 0.730. The standard InChI is InChI=1S/C15H27N3O2S/c1-4-11-17-21(19,20)15-8-6-14(7-9-15)18(13(2)3)12-5-10-16/h6-9,13,17H,4-5,10-12,16H2,1-3H3. The number of rotatable bonds is 9. The molecule has 0 fully saturated rings. The van der Waals surface area contributed by atoms with Gasteiger partial charge in [-0.2, -0.15) is 0 Å². The van der Waals surface area contributed by atoms with Crippen LogP contribution in [-0.2, 0) is 10.0 Å². The zero-order valence-electron chi connectivity index (χ0n) is 13.2. The Morgan fingerprint density at radius 1 is 1.24 bits per heavy atom. The molecule has 0 saturated heterocycles. The van der Waals surface area contributed by atoms with E-state index in [9.17, 15) is 8.42 Å². The van der Waals surface area contributed by atoms with E-state index < -0.39 is 10.0 Å². The SMILES string of the molecule is CCCNS(=O)(=O)c1ccc(N(CCCN)C(C)C)cc1. The summed E-state index contributed by atoms with van der Waals surface area (Å²) in [6.45, 7) is 8.14. The van der Waals surface area contributed by atoms with Gasteiger partial charge >= 0.3 is 0 Å². The highest BCUT2D eigenvalue weighted by atomic mass is 32.2. The van der Waals surface area contributed by atoms with Gasteiger partial charge < -0.3 is 10.6 Å². The summed E-state index contributed by atoms with van der Waals surface area (Å²) in [6.07, 6.45) is 1.69. The predicted octanol–water partition coefficient (Wildman–Crippen LogP) is 1.94. The molecule has 120 valence electrons. The van der Waals surface area contributed by atoms with Gasteiger partial charge in [-0.05, 0) is 57.5 Å². The third kappa shape index (κ3) is 5.30. The Morgan fingerprint density at radius 3 is 2.33 bits per heavy atom. The van der Waals surface area contributed by atoms with Gasteiger partial charge in [-0.1, -0.05) is 6.92 Å². The molecule has 3 N–H and O–H groups in total. The maximum absolute atomic E-state index is 12.0. The number of benzene rings is 1. The molecule has 0 aliphatic rings. The third-order valence-corrected chi connectivity index (χ3v) is 4.72. The maximum Gasteiger partial charge on any atom is 0.240 e. The lowest BCUT2D eigenvalue weighted by Gasteiger charge is -2.29. The first-order valence-electron chi connectivity index (χ1n) is 7.48. The summed E-state index contributed by atoms with van der Waals surface area (Å²) in [6, 6.07) is 7.38. The van der Waals surface area contributed by atoms with Gasteiger partial charge in [0.2, 0.25) is 10.0 Å². The summed E-state index contributed by atoms with van der Waals surface area (Å²) in [5.41, 5.74) is 6.59. The van der Waals surface area contributed by atoms with Gasteiger partial charge in [-0.15, -0.1) is 0 Å². The molecule has 0 spiro atoms. The number of nitrogens with two attached hydrogens (primary N) is 1. The molecule has 0 bridgehead atoms. The average molecular weight is 313 g/mol. The highest BCUT2D eigenvalue weighted by Crippen LogP contribution is 2.20. The summed E-state index contributed by atoms with van der Waals surface area (Å²) in [5.74, 6) is 0. The molecule has 0 amide bonds. The first-order valence-corrected chi connectivity index (χ1v) is 8.97. The lowest BCUT2D eigenvalue weighted by Crippen LogP contribution is -2.32. The van der Waals surface area contributed by atoms with Gasteiger partial charge in [0, 0.05) is 24.8 Å². The van der Waals surface area contributed by atoms with Crippen LogP contribution in [0.1, 0.15) is 33.6 Å². The number of nitrogens with zero attached hydrogens (tertiary/aromatic N) is 1. The van der Waals surface area contributed by atoms with Crippen molar-refractivity contribution in [3.05, 3.63) is 24.3 Å². The Balaban J connectivity index is 2.89. The van der Waals surface area contributed by atoms with Crippen LogP contribution in [-0.4, -0.2) is 34.1 Å². The number of hydrogen-bond donors (Lipinski definition) is 2. The van der Waals surface area contributed by atoms with Crippen LogP contribution in [0, 0.1) is 0 Å². The monoisotopic (exact) mass is 313 g/mol. The lowest BCUT2D eigenvalue weighted by atomic mass is 10.2. The molecule has 0 heterocycles. The Kier molecular flexibility index (Phi) is 7.14. The maximum atomic E-state index is 12.0. The Bertz CT molecular complexity index is 512. The van der Waals surface area contributed by atoms with Crippen LogP contribution in [0.2, 0.25) is 0 Å². The second-order valence-electron chi connectivity index (χ2n) is 5.32. The van der Waals surface area contributed by atoms with Gasteiger partial charge in [-0.3, -0.25) is 0 Å². The Morgan fingerprint density at radius 2 is 1.86 bits per heavy atom. The molecule has 0 atom stereocenters. The van der Waals surface area contributed by atoms with Crippen LogP contribution in [0.3, 0.4) is 0 Å². The average Bonchev–Trinajstić information content (AvgIpc) is 2.46. The minimum atomic E-state index is -3.39. The second-order valence-corrected chi connectivity index (χ2v) is 7.09. The molecule has 1 aromatic rings. The van der Waals surface area contributed by atoms with Crippen molar-refractivity contribution in [1.29, 1.82) is 0 Å². The lowest BCUT2D eigenvalue weighted by molar-refractivity contribution is 0.581. The van der Waals surface area contributed by atoms with Crippen LogP contribution in [0.15, 0.2) is 29.2 Å². The Hall–Kier alpha value is -1.11. The summed E-state index contributed by atoms with van der Waals surface area (Å²) in [7, 11) is -3.39. The smallest absolute Gasteiger partial charge is 0.240 e. The van der Waals surface area contributed by atoms with E-state index in [-0.39, 0.29) is 0 Å². The number of anilines is 1. The predicted molar refractivity (Wildman–Crippen MR) is 88.1 cm³/mol. The number of sulfonamides is 1. The molecule has 1 aromatic carbocycles. The number of hydrogen-bond acceptors (Lipinski definition) is 4. The number of nitrogens with one attached hydrogen (secondary N) is 1. The van der Waals surface area contributed by atoms with Crippen LogP contribution in [0.25, 0.3) is 0 Å². The third-order valence-electron chi connectivity index (χ3n) is 3.25. The van der Waals surface area contributed by atoms with E-state index >= 15 is 0 Å². The van der Waals surface area contributed by atoms with Crippen molar-refractivity contribution < 1.29 is 8.42 Å². The molecule has 5 nitrogen and oxygen atoms in total. The van der Waals surface area contributed by atoms with Gasteiger partial charge in [0.15, 0.2) is 0 Å². The highest BCUT2D eigenvalue weighted by Gasteiger charge is 2.15. The molecule has 0 aromatic heterocycles. The van der Waals surface area contributed by atoms with E-state index in [1.807, 2.05) is 19.1 Å². The minimum absolute atomic E-state index is 0.308. The first-order chi connectivity index (χ1) is 9.92. The zero-order chi connectivity index (χ0) is 15.9. The van der Waals surface area contributed by atoms with Gasteiger partial charge in [-0.25, -0.2) is 13.1 Å². The van der Waals surface area contributed by atoms with E-state index in [0.29, 0.717) is 24.0 Å². The summed E-state index contributed by atoms with van der Waals surface area (Å²) < 4.78 is 26.6. The summed E-state index contributed by atoms with van der Waals surface area (Å²) >= 11 is 0. The van der Waals surface area contributed by atoms with Gasteiger partial charge in [0.1, 0.15) is 0 Å². The molecule has 0 aliphatic carbocycles. The highest BCUT2D eigenvalue weighted by molar-refractivity contribution is 7.89. The summed E-state index contributed by atoms with van der Waals surface area (Å²) in [4.78, 5) is 2.53. The fourth-order valence-corrected chi connectivity index (χ4v) is 3.22. The van der Waals surface area contributed by atoms with Crippen molar-refractivity contribution in [3.63, 3.8) is 0 Å². The summed E-state index contributed by atoms with van der Waals surface area (Å²) in [5, 5.41) is 0. The molecule has 6 heteroatoms. The van der Waals surface area contributed by atoms with Crippen molar-refractivity contribution in [1.82, 2.24) is 4.72 Å². The van der Waals surface area contributed by atoms with Gasteiger partial charge in [0.25, 0.3) is 0 Å². The van der Waals surface area contributed by atoms with Crippen molar-refractivity contribution in [2.24, 2.45) is 5.73 Å². The molecule has 1 rings (SSSR count).